The molecule has 0 spiro atoms. The molecule has 11 heavy (non-hydrogen) atoms. The molecule has 0 heterocycles. The van der Waals surface area contributed by atoms with Crippen LogP contribution in [-0.2, 0) is 9.53 Å². The Labute approximate surface area is 66.6 Å². The number of nitrogens with one attached hydrogen (secondary N) is 1. The Hall–Kier alpha value is -1.12. The Kier molecular flexibility index (Phi) is 4.18. The van der Waals surface area contributed by atoms with Gasteiger partial charge in [-0.1, -0.05) is 6.58 Å². The van der Waals surface area contributed by atoms with Crippen molar-refractivity contribution in [1.29, 1.82) is 5.41 Å². The average molecular weight is 155 g/mol. The second-order valence-electron chi connectivity index (χ2n) is 2.13. The molecule has 0 aromatic heterocycles. The van der Waals surface area contributed by atoms with Gasteiger partial charge in [0.15, 0.2) is 0 Å². The third-order valence-corrected chi connectivity index (χ3v) is 1.33. The van der Waals surface area contributed by atoms with Crippen LogP contribution < -0.4 is 0 Å². The lowest BCUT2D eigenvalue weighted by Crippen LogP contribution is -2.21. The van der Waals surface area contributed by atoms with E-state index < -0.39 is 5.92 Å². The summed E-state index contributed by atoms with van der Waals surface area (Å²) in [6.45, 7) is 7.11. The molecule has 0 amide bonds. The first-order chi connectivity index (χ1) is 5.13. The van der Waals surface area contributed by atoms with E-state index in [0.717, 1.165) is 0 Å². The lowest BCUT2D eigenvalue weighted by atomic mass is 10.1. The zero-order valence-corrected chi connectivity index (χ0v) is 6.89. The molecule has 0 aliphatic carbocycles. The van der Waals surface area contributed by atoms with Gasteiger partial charge in [-0.05, 0) is 19.9 Å². The standard InChI is InChI=1S/C8H13NO2/c1-4-7(9)6(3)8(10)11-5-2/h4,6,9H,1,5H2,2-3H3. The first-order valence-corrected chi connectivity index (χ1v) is 3.51. The zero-order chi connectivity index (χ0) is 8.85. The van der Waals surface area contributed by atoms with Crippen LogP contribution in [0.5, 0.6) is 0 Å². The van der Waals surface area contributed by atoms with E-state index in [2.05, 4.69) is 6.58 Å². The third kappa shape index (κ3) is 2.98. The molecule has 1 atom stereocenters. The van der Waals surface area contributed by atoms with Crippen LogP contribution in [0.25, 0.3) is 0 Å². The highest BCUT2D eigenvalue weighted by molar-refractivity contribution is 6.05. The number of esters is 1. The molecule has 3 nitrogen and oxygen atoms in total. The van der Waals surface area contributed by atoms with Gasteiger partial charge in [-0.2, -0.15) is 0 Å². The third-order valence-electron chi connectivity index (χ3n) is 1.33. The predicted octanol–water partition coefficient (Wildman–Crippen LogP) is 1.39. The molecule has 0 aliphatic heterocycles. The summed E-state index contributed by atoms with van der Waals surface area (Å²) in [7, 11) is 0. The molecular formula is C8H13NO2. The van der Waals surface area contributed by atoms with Crippen LogP contribution in [0.4, 0.5) is 0 Å². The normalized spacial score (nSPS) is 11.8. The Balaban J connectivity index is 4.01. The lowest BCUT2D eigenvalue weighted by molar-refractivity contribution is -0.145. The summed E-state index contributed by atoms with van der Waals surface area (Å²) < 4.78 is 4.70. The molecule has 3 heteroatoms. The minimum Gasteiger partial charge on any atom is -0.465 e. The fourth-order valence-electron chi connectivity index (χ4n) is 0.571. The molecule has 0 rings (SSSR count). The average Bonchev–Trinajstić information content (AvgIpc) is 2.02. The summed E-state index contributed by atoms with van der Waals surface area (Å²) in [6.07, 6.45) is 1.35. The molecule has 0 saturated heterocycles. The van der Waals surface area contributed by atoms with Crippen LogP contribution in [-0.4, -0.2) is 18.3 Å². The Morgan fingerprint density at radius 3 is 2.73 bits per heavy atom. The van der Waals surface area contributed by atoms with Crippen molar-refractivity contribution in [2.24, 2.45) is 5.92 Å². The number of ether oxygens (including phenoxy) is 1. The van der Waals surface area contributed by atoms with Crippen LogP contribution in [0.3, 0.4) is 0 Å². The van der Waals surface area contributed by atoms with Crippen molar-refractivity contribution in [2.45, 2.75) is 13.8 Å². The molecule has 0 radical (unpaired) electrons. The maximum atomic E-state index is 10.9. The smallest absolute Gasteiger partial charge is 0.314 e. The highest BCUT2D eigenvalue weighted by atomic mass is 16.5. The Morgan fingerprint density at radius 2 is 2.36 bits per heavy atom. The summed E-state index contributed by atoms with van der Waals surface area (Å²) in [5.41, 5.74) is 0.198. The minimum absolute atomic E-state index is 0.198. The van der Waals surface area contributed by atoms with Gasteiger partial charge >= 0.3 is 5.97 Å². The van der Waals surface area contributed by atoms with E-state index in [1.165, 1.54) is 6.08 Å². The highest BCUT2D eigenvalue weighted by Gasteiger charge is 2.16. The molecule has 0 bridgehead atoms. The predicted molar refractivity (Wildman–Crippen MR) is 43.7 cm³/mol. The second-order valence-corrected chi connectivity index (χ2v) is 2.13. The summed E-state index contributed by atoms with van der Waals surface area (Å²) in [6, 6.07) is 0. The topological polar surface area (TPSA) is 50.2 Å². The highest BCUT2D eigenvalue weighted by Crippen LogP contribution is 2.00. The van der Waals surface area contributed by atoms with Crippen molar-refractivity contribution < 1.29 is 9.53 Å². The van der Waals surface area contributed by atoms with Crippen LogP contribution in [0.1, 0.15) is 13.8 Å². The number of allylic oxidation sites excluding steroid dienone is 1. The molecule has 1 unspecified atom stereocenters. The van der Waals surface area contributed by atoms with Crippen LogP contribution >= 0.6 is 0 Å². The maximum Gasteiger partial charge on any atom is 0.314 e. The van der Waals surface area contributed by atoms with E-state index in [4.69, 9.17) is 10.1 Å². The van der Waals surface area contributed by atoms with Crippen molar-refractivity contribution in [1.82, 2.24) is 0 Å². The molecule has 62 valence electrons. The number of rotatable bonds is 4. The second kappa shape index (κ2) is 4.66. The maximum absolute atomic E-state index is 10.9. The van der Waals surface area contributed by atoms with E-state index in [0.29, 0.717) is 6.61 Å². The minimum atomic E-state index is -0.493. The summed E-state index contributed by atoms with van der Waals surface area (Å²) >= 11 is 0. The monoisotopic (exact) mass is 155 g/mol. The van der Waals surface area contributed by atoms with Crippen LogP contribution in [0.15, 0.2) is 12.7 Å². The fourth-order valence-corrected chi connectivity index (χ4v) is 0.571. The summed E-state index contributed by atoms with van der Waals surface area (Å²) in [5.74, 6) is -0.857. The van der Waals surface area contributed by atoms with Gasteiger partial charge in [0.25, 0.3) is 0 Å². The number of carbonyl (C=O) groups excluding carboxylic acids is 1. The first-order valence-electron chi connectivity index (χ1n) is 3.51. The zero-order valence-electron chi connectivity index (χ0n) is 6.89. The van der Waals surface area contributed by atoms with E-state index >= 15 is 0 Å². The molecule has 0 aromatic rings. The molecule has 0 saturated carbocycles. The van der Waals surface area contributed by atoms with Crippen molar-refractivity contribution in [3.63, 3.8) is 0 Å². The van der Waals surface area contributed by atoms with Gasteiger partial charge in [0.1, 0.15) is 0 Å². The fraction of sp³-hybridized carbons (Fsp3) is 0.500. The molecule has 1 N–H and O–H groups in total. The van der Waals surface area contributed by atoms with Gasteiger partial charge in [0.2, 0.25) is 0 Å². The van der Waals surface area contributed by atoms with Crippen LogP contribution in [0, 0.1) is 11.3 Å². The van der Waals surface area contributed by atoms with Gasteiger partial charge in [-0.25, -0.2) is 0 Å². The van der Waals surface area contributed by atoms with E-state index in [9.17, 15) is 4.79 Å². The molecule has 0 aliphatic rings. The van der Waals surface area contributed by atoms with Crippen molar-refractivity contribution in [2.75, 3.05) is 6.61 Å². The van der Waals surface area contributed by atoms with E-state index in [1.807, 2.05) is 0 Å². The van der Waals surface area contributed by atoms with Crippen molar-refractivity contribution in [3.8, 4) is 0 Å². The van der Waals surface area contributed by atoms with Gasteiger partial charge in [0.05, 0.1) is 12.5 Å². The van der Waals surface area contributed by atoms with Gasteiger partial charge in [0, 0.05) is 5.71 Å². The lowest BCUT2D eigenvalue weighted by Gasteiger charge is -2.07. The number of hydrogen-bond acceptors (Lipinski definition) is 3. The number of hydrogen-bond donors (Lipinski definition) is 1. The molecule has 0 fully saturated rings. The van der Waals surface area contributed by atoms with E-state index in [-0.39, 0.29) is 11.7 Å². The van der Waals surface area contributed by atoms with Gasteiger partial charge < -0.3 is 10.1 Å². The van der Waals surface area contributed by atoms with Crippen LogP contribution in [0.2, 0.25) is 0 Å². The molecule has 0 aromatic carbocycles. The van der Waals surface area contributed by atoms with E-state index in [1.54, 1.807) is 13.8 Å². The van der Waals surface area contributed by atoms with Crippen molar-refractivity contribution in [3.05, 3.63) is 12.7 Å². The Morgan fingerprint density at radius 1 is 1.82 bits per heavy atom. The van der Waals surface area contributed by atoms with Crippen molar-refractivity contribution >= 4 is 11.7 Å². The summed E-state index contributed by atoms with van der Waals surface area (Å²) in [5, 5.41) is 7.23. The Bertz CT molecular complexity index is 175. The largest absolute Gasteiger partial charge is 0.465 e. The first kappa shape index (κ1) is 9.88. The molecular weight excluding hydrogens is 142 g/mol. The quantitative estimate of drug-likeness (QED) is 0.492. The van der Waals surface area contributed by atoms with Gasteiger partial charge in [-0.3, -0.25) is 4.79 Å². The SMILES string of the molecule is C=CC(=N)C(C)C(=O)OCC. The summed E-state index contributed by atoms with van der Waals surface area (Å²) in [4.78, 5) is 10.9. The number of carbonyl (C=O) groups is 1. The van der Waals surface area contributed by atoms with Gasteiger partial charge in [-0.15, -0.1) is 0 Å².